The number of halogens is 3. The van der Waals surface area contributed by atoms with E-state index in [-0.39, 0.29) is 5.69 Å². The van der Waals surface area contributed by atoms with Crippen LogP contribution in [0.3, 0.4) is 0 Å². The van der Waals surface area contributed by atoms with E-state index < -0.39 is 17.8 Å². The van der Waals surface area contributed by atoms with Gasteiger partial charge < -0.3 is 20.5 Å². The molecule has 3 N–H and O–H groups in total. The number of carbonyl (C=O) groups excluding carboxylic acids is 1. The lowest BCUT2D eigenvalue weighted by Crippen LogP contribution is -2.20. The number of nitrogens with one attached hydrogen (secondary N) is 3. The Morgan fingerprint density at radius 3 is 2.33 bits per heavy atom. The van der Waals surface area contributed by atoms with Gasteiger partial charge in [0, 0.05) is 35.0 Å². The second-order valence-electron chi connectivity index (χ2n) is 6.47. The van der Waals surface area contributed by atoms with Crippen LogP contribution in [0.15, 0.2) is 48.7 Å². The third kappa shape index (κ3) is 4.59. The molecule has 142 valence electrons. The van der Waals surface area contributed by atoms with Gasteiger partial charge in [-0.15, -0.1) is 0 Å². The van der Waals surface area contributed by atoms with Gasteiger partial charge in [-0.1, -0.05) is 0 Å². The summed E-state index contributed by atoms with van der Waals surface area (Å²) in [5, 5.41) is 6.32. The molecule has 0 unspecified atom stereocenters. The molecule has 0 saturated carbocycles. The largest absolute Gasteiger partial charge is 0.416 e. The number of anilines is 2. The van der Waals surface area contributed by atoms with Crippen LogP contribution in [0.1, 0.15) is 11.1 Å². The van der Waals surface area contributed by atoms with Gasteiger partial charge in [-0.25, -0.2) is 4.79 Å². The number of H-pyrrole nitrogens is 1. The van der Waals surface area contributed by atoms with Crippen LogP contribution in [-0.2, 0) is 12.7 Å². The molecule has 0 spiro atoms. The van der Waals surface area contributed by atoms with Gasteiger partial charge in [0.2, 0.25) is 0 Å². The predicted molar refractivity (Wildman–Crippen MR) is 99.8 cm³/mol. The minimum Gasteiger partial charge on any atom is -0.361 e. The fraction of sp³-hybridized carbons (Fsp3) is 0.211. The van der Waals surface area contributed by atoms with Crippen molar-refractivity contribution in [3.63, 3.8) is 0 Å². The Hall–Kier alpha value is -3.00. The Bertz CT molecular complexity index is 946. The van der Waals surface area contributed by atoms with Crippen LogP contribution < -0.4 is 10.6 Å². The highest BCUT2D eigenvalue weighted by Crippen LogP contribution is 2.30. The molecule has 0 fully saturated rings. The third-order valence-corrected chi connectivity index (χ3v) is 3.97. The van der Waals surface area contributed by atoms with Crippen LogP contribution in [0.4, 0.5) is 29.3 Å². The number of hydrogen-bond donors (Lipinski definition) is 3. The molecular formula is C19H19F3N4O. The zero-order valence-corrected chi connectivity index (χ0v) is 14.8. The minimum absolute atomic E-state index is 0.273. The number of fused-ring (bicyclic) bond motifs is 1. The number of carbonyl (C=O) groups is 1. The number of nitrogens with zero attached hydrogens (tertiary/aromatic N) is 1. The van der Waals surface area contributed by atoms with E-state index in [1.807, 2.05) is 37.3 Å². The molecule has 3 rings (SSSR count). The standard InChI is InChI=1S/C19H19F3N4O/c1-26(2)11-12-9-15(10-17-16(12)7-8-23-17)25-18(27)24-14-5-3-13(4-6-14)19(20,21)22/h3-10,23H,11H2,1-2H3,(H2,24,25,27). The summed E-state index contributed by atoms with van der Waals surface area (Å²) in [5.74, 6) is 0. The fourth-order valence-electron chi connectivity index (χ4n) is 2.82. The van der Waals surface area contributed by atoms with Crippen LogP contribution in [0.5, 0.6) is 0 Å². The van der Waals surface area contributed by atoms with Crippen molar-refractivity contribution in [2.75, 3.05) is 24.7 Å². The highest BCUT2D eigenvalue weighted by Gasteiger charge is 2.29. The highest BCUT2D eigenvalue weighted by atomic mass is 19.4. The van der Waals surface area contributed by atoms with E-state index in [9.17, 15) is 18.0 Å². The lowest BCUT2D eigenvalue weighted by molar-refractivity contribution is -0.137. The normalized spacial score (nSPS) is 11.8. The maximum Gasteiger partial charge on any atom is 0.416 e. The average Bonchev–Trinajstić information content (AvgIpc) is 3.02. The van der Waals surface area contributed by atoms with Gasteiger partial charge in [-0.3, -0.25) is 0 Å². The summed E-state index contributed by atoms with van der Waals surface area (Å²) in [7, 11) is 3.91. The fourth-order valence-corrected chi connectivity index (χ4v) is 2.82. The molecule has 0 atom stereocenters. The predicted octanol–water partition coefficient (Wildman–Crippen LogP) is 4.89. The van der Waals surface area contributed by atoms with Crippen LogP contribution in [0.2, 0.25) is 0 Å². The maximum atomic E-state index is 12.6. The zero-order chi connectivity index (χ0) is 19.6. The van der Waals surface area contributed by atoms with Crippen LogP contribution in [-0.4, -0.2) is 30.0 Å². The quantitative estimate of drug-likeness (QED) is 0.607. The SMILES string of the molecule is CN(C)Cc1cc(NC(=O)Nc2ccc(C(F)(F)F)cc2)cc2[nH]ccc12. The van der Waals surface area contributed by atoms with E-state index in [1.165, 1.54) is 12.1 Å². The first-order valence-corrected chi connectivity index (χ1v) is 8.22. The average molecular weight is 376 g/mol. The Labute approximate surface area is 154 Å². The molecular weight excluding hydrogens is 357 g/mol. The van der Waals surface area contributed by atoms with E-state index in [2.05, 4.69) is 15.6 Å². The first-order valence-electron chi connectivity index (χ1n) is 8.22. The van der Waals surface area contributed by atoms with Crippen molar-refractivity contribution in [3.05, 3.63) is 59.8 Å². The van der Waals surface area contributed by atoms with Crippen molar-refractivity contribution >= 4 is 28.3 Å². The van der Waals surface area contributed by atoms with Gasteiger partial charge in [-0.05, 0) is 62.1 Å². The number of amides is 2. The molecule has 1 heterocycles. The monoisotopic (exact) mass is 376 g/mol. The lowest BCUT2D eigenvalue weighted by Gasteiger charge is -2.14. The molecule has 0 aliphatic rings. The van der Waals surface area contributed by atoms with Crippen molar-refractivity contribution in [1.82, 2.24) is 9.88 Å². The summed E-state index contributed by atoms with van der Waals surface area (Å²) < 4.78 is 37.8. The maximum absolute atomic E-state index is 12.6. The zero-order valence-electron chi connectivity index (χ0n) is 14.8. The molecule has 0 aliphatic heterocycles. The summed E-state index contributed by atoms with van der Waals surface area (Å²) in [6.45, 7) is 0.699. The van der Waals surface area contributed by atoms with Gasteiger partial charge in [0.25, 0.3) is 0 Å². The first-order chi connectivity index (χ1) is 12.7. The minimum atomic E-state index is -4.41. The second kappa shape index (κ2) is 7.32. The van der Waals surface area contributed by atoms with Gasteiger partial charge in [0.1, 0.15) is 0 Å². The molecule has 5 nitrogen and oxygen atoms in total. The summed E-state index contributed by atoms with van der Waals surface area (Å²) in [6, 6.07) is 9.41. The number of hydrogen-bond acceptors (Lipinski definition) is 2. The van der Waals surface area contributed by atoms with E-state index >= 15 is 0 Å². The smallest absolute Gasteiger partial charge is 0.361 e. The number of rotatable bonds is 4. The molecule has 0 bridgehead atoms. The first kappa shape index (κ1) is 18.8. The topological polar surface area (TPSA) is 60.2 Å². The van der Waals surface area contributed by atoms with Gasteiger partial charge in [0.15, 0.2) is 0 Å². The Morgan fingerprint density at radius 2 is 1.70 bits per heavy atom. The van der Waals surface area contributed by atoms with Gasteiger partial charge in [0.05, 0.1) is 5.56 Å². The molecule has 27 heavy (non-hydrogen) atoms. The molecule has 2 amide bonds. The summed E-state index contributed by atoms with van der Waals surface area (Å²) in [5.41, 5.74) is 2.03. The van der Waals surface area contributed by atoms with E-state index in [0.29, 0.717) is 12.2 Å². The molecule has 3 aromatic rings. The van der Waals surface area contributed by atoms with Crippen molar-refractivity contribution < 1.29 is 18.0 Å². The van der Waals surface area contributed by atoms with Crippen molar-refractivity contribution in [3.8, 4) is 0 Å². The molecule has 0 saturated heterocycles. The lowest BCUT2D eigenvalue weighted by atomic mass is 10.1. The van der Waals surface area contributed by atoms with Crippen molar-refractivity contribution in [2.24, 2.45) is 0 Å². The highest BCUT2D eigenvalue weighted by molar-refractivity contribution is 6.01. The Balaban J connectivity index is 1.74. The summed E-state index contributed by atoms with van der Waals surface area (Å²) in [4.78, 5) is 17.3. The van der Waals surface area contributed by atoms with Crippen molar-refractivity contribution in [1.29, 1.82) is 0 Å². The van der Waals surface area contributed by atoms with Gasteiger partial charge in [-0.2, -0.15) is 13.2 Å². The van der Waals surface area contributed by atoms with E-state index in [4.69, 9.17) is 0 Å². The molecule has 1 aromatic heterocycles. The number of alkyl halides is 3. The Morgan fingerprint density at radius 1 is 1.04 bits per heavy atom. The van der Waals surface area contributed by atoms with Crippen LogP contribution in [0, 0.1) is 0 Å². The number of aromatic amines is 1. The van der Waals surface area contributed by atoms with Gasteiger partial charge >= 0.3 is 12.2 Å². The molecule has 0 radical (unpaired) electrons. The number of urea groups is 1. The molecule has 2 aromatic carbocycles. The molecule has 0 aliphatic carbocycles. The number of aromatic nitrogens is 1. The third-order valence-electron chi connectivity index (χ3n) is 3.97. The van der Waals surface area contributed by atoms with E-state index in [1.54, 1.807) is 6.07 Å². The Kier molecular flexibility index (Phi) is 5.09. The summed E-state index contributed by atoms with van der Waals surface area (Å²) in [6.07, 6.45) is -2.58. The van der Waals surface area contributed by atoms with E-state index in [0.717, 1.165) is 28.6 Å². The molecule has 8 heteroatoms. The second-order valence-corrected chi connectivity index (χ2v) is 6.47. The van der Waals surface area contributed by atoms with Crippen LogP contribution in [0.25, 0.3) is 10.9 Å². The summed E-state index contributed by atoms with van der Waals surface area (Å²) >= 11 is 0. The number of benzene rings is 2. The van der Waals surface area contributed by atoms with Crippen molar-refractivity contribution in [2.45, 2.75) is 12.7 Å². The van der Waals surface area contributed by atoms with Crippen LogP contribution >= 0.6 is 0 Å².